The van der Waals surface area contributed by atoms with Crippen LogP contribution >= 0.6 is 0 Å². The lowest BCUT2D eigenvalue weighted by molar-refractivity contribution is 0.0189. The summed E-state index contributed by atoms with van der Waals surface area (Å²) in [7, 11) is 0. The standard InChI is InChI=1S/C9H17F2N/c1-7-3-5-12(6-4-7)8(2)9(10)11/h7-9H,3-6H2,1-2H3/t8-/m0/s1. The van der Waals surface area contributed by atoms with Crippen LogP contribution in [0.2, 0.25) is 0 Å². The Bertz CT molecular complexity index is 130. The van der Waals surface area contributed by atoms with E-state index in [9.17, 15) is 8.78 Å². The van der Waals surface area contributed by atoms with Crippen LogP contribution in [0.1, 0.15) is 26.7 Å². The Morgan fingerprint density at radius 3 is 2.17 bits per heavy atom. The SMILES string of the molecule is CC1CCN([C@@H](C)C(F)F)CC1. The first-order valence-electron chi connectivity index (χ1n) is 4.63. The topological polar surface area (TPSA) is 3.24 Å². The highest BCUT2D eigenvalue weighted by Crippen LogP contribution is 2.20. The molecule has 72 valence electrons. The Morgan fingerprint density at radius 1 is 1.25 bits per heavy atom. The van der Waals surface area contributed by atoms with Crippen molar-refractivity contribution in [2.24, 2.45) is 5.92 Å². The van der Waals surface area contributed by atoms with Crippen LogP contribution in [0.25, 0.3) is 0 Å². The third-order valence-electron chi connectivity index (χ3n) is 2.76. The molecule has 12 heavy (non-hydrogen) atoms. The molecule has 1 saturated heterocycles. The molecule has 0 radical (unpaired) electrons. The van der Waals surface area contributed by atoms with E-state index >= 15 is 0 Å². The minimum absolute atomic E-state index is 0.558. The van der Waals surface area contributed by atoms with Crippen molar-refractivity contribution in [2.75, 3.05) is 13.1 Å². The molecule has 0 aromatic carbocycles. The van der Waals surface area contributed by atoms with Gasteiger partial charge in [0.15, 0.2) is 0 Å². The summed E-state index contributed by atoms with van der Waals surface area (Å²) >= 11 is 0. The monoisotopic (exact) mass is 177 g/mol. The van der Waals surface area contributed by atoms with Crippen LogP contribution < -0.4 is 0 Å². The first-order chi connectivity index (χ1) is 5.61. The summed E-state index contributed by atoms with van der Waals surface area (Å²) in [5.74, 6) is 0.714. The number of piperidine rings is 1. The van der Waals surface area contributed by atoms with Gasteiger partial charge in [0.25, 0.3) is 6.43 Å². The van der Waals surface area contributed by atoms with Crippen molar-refractivity contribution >= 4 is 0 Å². The fourth-order valence-electron chi connectivity index (χ4n) is 1.60. The molecule has 0 N–H and O–H groups in total. The van der Waals surface area contributed by atoms with Crippen LogP contribution in [-0.4, -0.2) is 30.5 Å². The van der Waals surface area contributed by atoms with Gasteiger partial charge in [0.05, 0.1) is 6.04 Å². The molecule has 1 atom stereocenters. The van der Waals surface area contributed by atoms with Crippen molar-refractivity contribution in [2.45, 2.75) is 39.2 Å². The number of nitrogens with zero attached hydrogens (tertiary/aromatic N) is 1. The number of alkyl halides is 2. The molecule has 0 aliphatic carbocycles. The largest absolute Gasteiger partial charge is 0.295 e. The number of rotatable bonds is 2. The van der Waals surface area contributed by atoms with Gasteiger partial charge in [0, 0.05) is 0 Å². The number of halogens is 2. The zero-order valence-corrected chi connectivity index (χ0v) is 7.76. The molecule has 0 saturated carbocycles. The summed E-state index contributed by atoms with van der Waals surface area (Å²) in [6, 6.07) is -0.558. The van der Waals surface area contributed by atoms with Gasteiger partial charge in [-0.15, -0.1) is 0 Å². The Labute approximate surface area is 72.7 Å². The van der Waals surface area contributed by atoms with E-state index in [2.05, 4.69) is 6.92 Å². The molecule has 0 unspecified atom stereocenters. The minimum atomic E-state index is -2.20. The molecule has 0 bridgehead atoms. The van der Waals surface area contributed by atoms with Crippen LogP contribution in [0.4, 0.5) is 8.78 Å². The molecule has 0 aromatic rings. The van der Waals surface area contributed by atoms with Gasteiger partial charge in [0.2, 0.25) is 0 Å². The van der Waals surface area contributed by atoms with Gasteiger partial charge in [-0.3, -0.25) is 4.90 Å². The first kappa shape index (κ1) is 9.90. The molecule has 1 aliphatic heterocycles. The Balaban J connectivity index is 2.34. The third-order valence-corrected chi connectivity index (χ3v) is 2.76. The lowest BCUT2D eigenvalue weighted by atomic mass is 9.98. The van der Waals surface area contributed by atoms with E-state index in [1.165, 1.54) is 0 Å². The molecule has 1 fully saturated rings. The second-order valence-electron chi connectivity index (χ2n) is 3.79. The molecule has 1 nitrogen and oxygen atoms in total. The third kappa shape index (κ3) is 2.41. The van der Waals surface area contributed by atoms with Crippen molar-refractivity contribution in [1.29, 1.82) is 0 Å². The molecule has 1 heterocycles. The van der Waals surface area contributed by atoms with E-state index in [1.807, 2.05) is 4.90 Å². The predicted octanol–water partition coefficient (Wildman–Crippen LogP) is 2.37. The summed E-state index contributed by atoms with van der Waals surface area (Å²) in [4.78, 5) is 1.89. The second-order valence-corrected chi connectivity index (χ2v) is 3.79. The maximum Gasteiger partial charge on any atom is 0.253 e. The van der Waals surface area contributed by atoms with Crippen LogP contribution in [0.5, 0.6) is 0 Å². The van der Waals surface area contributed by atoms with Crippen molar-refractivity contribution in [1.82, 2.24) is 4.90 Å². The van der Waals surface area contributed by atoms with Crippen LogP contribution in [0.15, 0.2) is 0 Å². The Hall–Kier alpha value is -0.180. The molecule has 1 rings (SSSR count). The summed E-state index contributed by atoms with van der Waals surface area (Å²) in [5.41, 5.74) is 0. The average Bonchev–Trinajstić information content (AvgIpc) is 2.04. The van der Waals surface area contributed by atoms with Crippen molar-refractivity contribution < 1.29 is 8.78 Å². The fourth-order valence-corrected chi connectivity index (χ4v) is 1.60. The zero-order valence-electron chi connectivity index (χ0n) is 7.76. The van der Waals surface area contributed by atoms with Gasteiger partial charge in [-0.1, -0.05) is 6.92 Å². The van der Waals surface area contributed by atoms with E-state index in [0.29, 0.717) is 5.92 Å². The zero-order chi connectivity index (χ0) is 9.14. The molecular weight excluding hydrogens is 160 g/mol. The molecule has 3 heteroatoms. The van der Waals surface area contributed by atoms with Crippen molar-refractivity contribution in [3.63, 3.8) is 0 Å². The van der Waals surface area contributed by atoms with E-state index in [-0.39, 0.29) is 0 Å². The van der Waals surface area contributed by atoms with E-state index < -0.39 is 12.5 Å². The minimum Gasteiger partial charge on any atom is -0.295 e. The normalized spacial score (nSPS) is 24.8. The second kappa shape index (κ2) is 4.17. The Morgan fingerprint density at radius 2 is 1.75 bits per heavy atom. The van der Waals surface area contributed by atoms with Gasteiger partial charge in [-0.05, 0) is 38.8 Å². The maximum atomic E-state index is 12.3. The van der Waals surface area contributed by atoms with Crippen molar-refractivity contribution in [3.05, 3.63) is 0 Å². The summed E-state index contributed by atoms with van der Waals surface area (Å²) in [5, 5.41) is 0. The highest BCUT2D eigenvalue weighted by Gasteiger charge is 2.25. The molecule has 0 spiro atoms. The Kier molecular flexibility index (Phi) is 3.44. The number of hydrogen-bond donors (Lipinski definition) is 0. The highest BCUT2D eigenvalue weighted by atomic mass is 19.3. The van der Waals surface area contributed by atoms with Crippen molar-refractivity contribution in [3.8, 4) is 0 Å². The van der Waals surface area contributed by atoms with E-state index in [1.54, 1.807) is 6.92 Å². The fraction of sp³-hybridized carbons (Fsp3) is 1.00. The maximum absolute atomic E-state index is 12.3. The van der Waals surface area contributed by atoms with Gasteiger partial charge in [-0.2, -0.15) is 0 Å². The summed E-state index contributed by atoms with van der Waals surface area (Å²) in [6.07, 6.45) is -0.0629. The summed E-state index contributed by atoms with van der Waals surface area (Å²) in [6.45, 7) is 5.48. The smallest absolute Gasteiger partial charge is 0.253 e. The number of likely N-dealkylation sites (tertiary alicyclic amines) is 1. The van der Waals surface area contributed by atoms with Gasteiger partial charge in [-0.25, -0.2) is 8.78 Å². The van der Waals surface area contributed by atoms with Gasteiger partial charge >= 0.3 is 0 Å². The lowest BCUT2D eigenvalue weighted by Crippen LogP contribution is -2.42. The highest BCUT2D eigenvalue weighted by molar-refractivity contribution is 4.75. The first-order valence-corrected chi connectivity index (χ1v) is 4.63. The predicted molar refractivity (Wildman–Crippen MR) is 45.4 cm³/mol. The number of hydrogen-bond acceptors (Lipinski definition) is 1. The summed E-state index contributed by atoms with van der Waals surface area (Å²) < 4.78 is 24.5. The quantitative estimate of drug-likeness (QED) is 0.626. The van der Waals surface area contributed by atoms with Crippen LogP contribution in [-0.2, 0) is 0 Å². The average molecular weight is 177 g/mol. The molecule has 0 amide bonds. The molecular formula is C9H17F2N. The lowest BCUT2D eigenvalue weighted by Gasteiger charge is -2.34. The van der Waals surface area contributed by atoms with Gasteiger partial charge < -0.3 is 0 Å². The van der Waals surface area contributed by atoms with E-state index in [0.717, 1.165) is 25.9 Å². The van der Waals surface area contributed by atoms with Gasteiger partial charge in [0.1, 0.15) is 0 Å². The molecule has 1 aliphatic rings. The molecule has 0 aromatic heterocycles. The van der Waals surface area contributed by atoms with Crippen LogP contribution in [0, 0.1) is 5.92 Å². The van der Waals surface area contributed by atoms with E-state index in [4.69, 9.17) is 0 Å². The van der Waals surface area contributed by atoms with Crippen LogP contribution in [0.3, 0.4) is 0 Å².